The minimum Gasteiger partial charge on any atom is -0.455 e. The Bertz CT molecular complexity index is 575. The van der Waals surface area contributed by atoms with Gasteiger partial charge in [0.1, 0.15) is 17.3 Å². The summed E-state index contributed by atoms with van der Waals surface area (Å²) in [5.74, 6) is 0.831. The van der Waals surface area contributed by atoms with Crippen LogP contribution in [0.4, 0.5) is 4.39 Å². The van der Waals surface area contributed by atoms with Gasteiger partial charge >= 0.3 is 0 Å². The quantitative estimate of drug-likeness (QED) is 0.639. The van der Waals surface area contributed by atoms with E-state index in [0.29, 0.717) is 26.9 Å². The molecule has 0 aliphatic heterocycles. The predicted molar refractivity (Wildman–Crippen MR) is 75.2 cm³/mol. The lowest BCUT2D eigenvalue weighted by Crippen LogP contribution is -1.89. The third-order valence-corrected chi connectivity index (χ3v) is 3.52. The molecule has 1 nitrogen and oxygen atoms in total. The maximum atomic E-state index is 13.1. The molecule has 2 aromatic rings. The first-order valence-corrected chi connectivity index (χ1v) is 6.78. The highest BCUT2D eigenvalue weighted by Crippen LogP contribution is 2.34. The first kappa shape index (κ1) is 13.7. The molecule has 0 amide bonds. The van der Waals surface area contributed by atoms with Crippen LogP contribution in [0, 0.1) is 5.82 Å². The van der Waals surface area contributed by atoms with Crippen LogP contribution in [0.5, 0.6) is 11.5 Å². The highest BCUT2D eigenvalue weighted by molar-refractivity contribution is 9.10. The van der Waals surface area contributed by atoms with Gasteiger partial charge in [-0.25, -0.2) is 4.39 Å². The molecule has 0 bridgehead atoms. The Morgan fingerprint density at radius 2 is 1.89 bits per heavy atom. The summed E-state index contributed by atoms with van der Waals surface area (Å²) in [6.45, 7) is 0. The van der Waals surface area contributed by atoms with Crippen molar-refractivity contribution in [3.05, 3.63) is 57.3 Å². The smallest absolute Gasteiger partial charge is 0.146 e. The van der Waals surface area contributed by atoms with Crippen molar-refractivity contribution in [1.29, 1.82) is 0 Å². The standard InChI is InChI=1S/C13H8BrCl2FO/c14-10-3-2-9(17)6-13(10)18-12-4-1-8(7-15)5-11(12)16/h1-6H,7H2. The van der Waals surface area contributed by atoms with Crippen LogP contribution >= 0.6 is 39.1 Å². The summed E-state index contributed by atoms with van der Waals surface area (Å²) >= 11 is 15.0. The van der Waals surface area contributed by atoms with Gasteiger partial charge in [0.05, 0.1) is 9.50 Å². The lowest BCUT2D eigenvalue weighted by molar-refractivity contribution is 0.474. The Hall–Kier alpha value is -0.770. The number of hydrogen-bond donors (Lipinski definition) is 0. The summed E-state index contributed by atoms with van der Waals surface area (Å²) in [5, 5.41) is 0.435. The molecule has 0 fully saturated rings. The second kappa shape index (κ2) is 5.91. The SMILES string of the molecule is Fc1ccc(Br)c(Oc2ccc(CCl)cc2Cl)c1. The van der Waals surface area contributed by atoms with E-state index < -0.39 is 0 Å². The van der Waals surface area contributed by atoms with E-state index in [1.54, 1.807) is 24.3 Å². The van der Waals surface area contributed by atoms with Gasteiger partial charge in [0.15, 0.2) is 0 Å². The van der Waals surface area contributed by atoms with Crippen LogP contribution in [0.3, 0.4) is 0 Å². The number of benzene rings is 2. The van der Waals surface area contributed by atoms with Crippen LogP contribution < -0.4 is 4.74 Å². The number of alkyl halides is 1. The molecule has 0 atom stereocenters. The van der Waals surface area contributed by atoms with Crippen LogP contribution in [-0.2, 0) is 5.88 Å². The van der Waals surface area contributed by atoms with Gasteiger partial charge in [-0.15, -0.1) is 11.6 Å². The van der Waals surface area contributed by atoms with Crippen LogP contribution in [0.25, 0.3) is 0 Å². The van der Waals surface area contributed by atoms with E-state index in [2.05, 4.69) is 15.9 Å². The van der Waals surface area contributed by atoms with E-state index in [1.165, 1.54) is 12.1 Å². The van der Waals surface area contributed by atoms with E-state index in [-0.39, 0.29) is 5.82 Å². The average molecular weight is 350 g/mol. The van der Waals surface area contributed by atoms with E-state index in [1.807, 2.05) is 0 Å². The van der Waals surface area contributed by atoms with Crippen LogP contribution in [0.15, 0.2) is 40.9 Å². The number of rotatable bonds is 3. The summed E-state index contributed by atoms with van der Waals surface area (Å²) in [6, 6.07) is 9.44. The molecule has 2 aromatic carbocycles. The maximum absolute atomic E-state index is 13.1. The van der Waals surface area contributed by atoms with E-state index in [9.17, 15) is 4.39 Å². The fraction of sp³-hybridized carbons (Fsp3) is 0.0769. The first-order valence-electron chi connectivity index (χ1n) is 5.07. The van der Waals surface area contributed by atoms with Crippen molar-refractivity contribution in [3.63, 3.8) is 0 Å². The van der Waals surface area contributed by atoms with Crippen LogP contribution in [0.2, 0.25) is 5.02 Å². The summed E-state index contributed by atoms with van der Waals surface area (Å²) in [5.41, 5.74) is 0.896. The molecule has 0 aromatic heterocycles. The van der Waals surface area contributed by atoms with Crippen molar-refractivity contribution in [2.75, 3.05) is 0 Å². The topological polar surface area (TPSA) is 9.23 Å². The molecule has 2 rings (SSSR count). The van der Waals surface area contributed by atoms with Crippen molar-refractivity contribution in [3.8, 4) is 11.5 Å². The molecule has 0 aliphatic rings. The summed E-state index contributed by atoms with van der Waals surface area (Å²) < 4.78 is 19.3. The van der Waals surface area contributed by atoms with Crippen molar-refractivity contribution in [2.45, 2.75) is 5.88 Å². The highest BCUT2D eigenvalue weighted by atomic mass is 79.9. The van der Waals surface area contributed by atoms with Gasteiger partial charge < -0.3 is 4.74 Å². The Morgan fingerprint density at radius 1 is 1.11 bits per heavy atom. The molecule has 0 N–H and O–H groups in total. The number of ether oxygens (including phenoxy) is 1. The molecule has 5 heteroatoms. The van der Waals surface area contributed by atoms with Crippen molar-refractivity contribution < 1.29 is 9.13 Å². The Labute approximate surface area is 123 Å². The third kappa shape index (κ3) is 3.16. The molecule has 0 heterocycles. The Kier molecular flexibility index (Phi) is 4.49. The zero-order chi connectivity index (χ0) is 13.1. The van der Waals surface area contributed by atoms with Gasteiger partial charge in [0.25, 0.3) is 0 Å². The second-order valence-corrected chi connectivity index (χ2v) is 5.10. The van der Waals surface area contributed by atoms with E-state index in [4.69, 9.17) is 27.9 Å². The number of halogens is 4. The average Bonchev–Trinajstić information content (AvgIpc) is 2.36. The van der Waals surface area contributed by atoms with Crippen LogP contribution in [-0.4, -0.2) is 0 Å². The highest BCUT2D eigenvalue weighted by Gasteiger charge is 2.08. The number of hydrogen-bond acceptors (Lipinski definition) is 1. The summed E-state index contributed by atoms with van der Waals surface area (Å²) in [6.07, 6.45) is 0. The van der Waals surface area contributed by atoms with Crippen molar-refractivity contribution in [1.82, 2.24) is 0 Å². The molecule has 0 unspecified atom stereocenters. The van der Waals surface area contributed by atoms with Crippen molar-refractivity contribution in [2.24, 2.45) is 0 Å². The van der Waals surface area contributed by atoms with Gasteiger partial charge in [-0.1, -0.05) is 17.7 Å². The third-order valence-electron chi connectivity index (χ3n) is 2.26. The fourth-order valence-electron chi connectivity index (χ4n) is 1.38. The molecule has 94 valence electrons. The normalized spacial score (nSPS) is 10.4. The van der Waals surface area contributed by atoms with E-state index in [0.717, 1.165) is 5.56 Å². The Balaban J connectivity index is 2.31. The van der Waals surface area contributed by atoms with Gasteiger partial charge in [-0.2, -0.15) is 0 Å². The first-order chi connectivity index (χ1) is 8.60. The molecule has 0 saturated heterocycles. The van der Waals surface area contributed by atoms with Gasteiger partial charge in [-0.05, 0) is 45.8 Å². The fourth-order valence-corrected chi connectivity index (χ4v) is 2.12. The van der Waals surface area contributed by atoms with Crippen LogP contribution in [0.1, 0.15) is 5.56 Å². The largest absolute Gasteiger partial charge is 0.455 e. The zero-order valence-electron chi connectivity index (χ0n) is 9.09. The maximum Gasteiger partial charge on any atom is 0.146 e. The molecule has 0 spiro atoms. The Morgan fingerprint density at radius 3 is 2.56 bits per heavy atom. The minimum atomic E-state index is -0.373. The zero-order valence-corrected chi connectivity index (χ0v) is 12.2. The molecular formula is C13H8BrCl2FO. The lowest BCUT2D eigenvalue weighted by atomic mass is 10.2. The summed E-state index contributed by atoms with van der Waals surface area (Å²) in [4.78, 5) is 0. The molecule has 18 heavy (non-hydrogen) atoms. The van der Waals surface area contributed by atoms with Crippen molar-refractivity contribution >= 4 is 39.1 Å². The molecular weight excluding hydrogens is 342 g/mol. The second-order valence-electron chi connectivity index (χ2n) is 3.58. The monoisotopic (exact) mass is 348 g/mol. The minimum absolute atomic E-state index is 0.371. The van der Waals surface area contributed by atoms with Gasteiger partial charge in [-0.3, -0.25) is 0 Å². The summed E-state index contributed by atoms with van der Waals surface area (Å²) in [7, 11) is 0. The predicted octanol–water partition coefficient (Wildman–Crippen LogP) is 5.77. The van der Waals surface area contributed by atoms with Gasteiger partial charge in [0, 0.05) is 11.9 Å². The molecule has 0 saturated carbocycles. The van der Waals surface area contributed by atoms with E-state index >= 15 is 0 Å². The van der Waals surface area contributed by atoms with Gasteiger partial charge in [0.2, 0.25) is 0 Å². The molecule has 0 radical (unpaired) electrons. The molecule has 0 aliphatic carbocycles. The lowest BCUT2D eigenvalue weighted by Gasteiger charge is -2.10.